The zero-order valence-corrected chi connectivity index (χ0v) is 14.2. The van der Waals surface area contributed by atoms with Crippen molar-refractivity contribution in [3.05, 3.63) is 59.7 Å². The molecule has 1 aliphatic rings. The Bertz CT molecular complexity index is 652. The average Bonchev–Trinajstić information content (AvgIpc) is 2.53. The molecular weight excluding hydrogens is 284 g/mol. The minimum Gasteiger partial charge on any atom is -0.484 e. The molecule has 0 bridgehead atoms. The van der Waals surface area contributed by atoms with Crippen LogP contribution in [0, 0.1) is 0 Å². The van der Waals surface area contributed by atoms with Crippen LogP contribution in [0.4, 0.5) is 5.69 Å². The zero-order chi connectivity index (χ0) is 16.3. The van der Waals surface area contributed by atoms with Gasteiger partial charge in [-0.3, -0.25) is 0 Å². The van der Waals surface area contributed by atoms with Gasteiger partial charge in [-0.05, 0) is 50.5 Å². The number of benzene rings is 2. The lowest BCUT2D eigenvalue weighted by Crippen LogP contribution is -2.40. The van der Waals surface area contributed by atoms with Crippen LogP contribution < -0.4 is 15.4 Å². The number of ether oxygens (including phenoxy) is 1. The first-order valence-corrected chi connectivity index (χ1v) is 8.35. The fraction of sp³-hybridized carbons (Fsp3) is 0.400. The predicted octanol–water partition coefficient (Wildman–Crippen LogP) is 3.99. The van der Waals surface area contributed by atoms with Crippen LogP contribution in [0.1, 0.15) is 31.9 Å². The summed E-state index contributed by atoms with van der Waals surface area (Å²) in [5.41, 5.74) is 3.62. The second-order valence-corrected chi connectivity index (χ2v) is 7.02. The molecule has 0 saturated heterocycles. The van der Waals surface area contributed by atoms with Crippen LogP contribution in [-0.2, 0) is 13.0 Å². The van der Waals surface area contributed by atoms with Gasteiger partial charge in [-0.25, -0.2) is 0 Å². The number of hydrogen-bond acceptors (Lipinski definition) is 3. The van der Waals surface area contributed by atoms with E-state index in [2.05, 4.69) is 79.9 Å². The van der Waals surface area contributed by atoms with Crippen LogP contribution in [0.25, 0.3) is 0 Å². The minimum absolute atomic E-state index is 0.140. The molecular formula is C20H26N2O. The van der Waals surface area contributed by atoms with Gasteiger partial charge in [0.05, 0.1) is 12.2 Å². The standard InChI is InChI=1S/C20H26N2O/c1-15(21-13-16-7-5-4-6-8-16)11-17-9-10-19-18(12-17)22-14-20(2,3)23-19/h4-10,12,15,21-22H,11,13-14H2,1-3H3. The summed E-state index contributed by atoms with van der Waals surface area (Å²) in [4.78, 5) is 0. The third-order valence-corrected chi connectivity index (χ3v) is 4.17. The summed E-state index contributed by atoms with van der Waals surface area (Å²) in [7, 11) is 0. The van der Waals surface area contributed by atoms with Gasteiger partial charge < -0.3 is 15.4 Å². The molecule has 1 unspecified atom stereocenters. The first-order valence-electron chi connectivity index (χ1n) is 8.35. The fourth-order valence-electron chi connectivity index (χ4n) is 2.89. The van der Waals surface area contributed by atoms with E-state index in [4.69, 9.17) is 4.74 Å². The van der Waals surface area contributed by atoms with E-state index in [1.807, 2.05) is 0 Å². The summed E-state index contributed by atoms with van der Waals surface area (Å²) in [6, 6.07) is 17.4. The van der Waals surface area contributed by atoms with Gasteiger partial charge in [0.1, 0.15) is 11.4 Å². The van der Waals surface area contributed by atoms with E-state index in [-0.39, 0.29) is 5.60 Å². The Morgan fingerprint density at radius 1 is 1.13 bits per heavy atom. The highest BCUT2D eigenvalue weighted by molar-refractivity contribution is 5.60. The summed E-state index contributed by atoms with van der Waals surface area (Å²) >= 11 is 0. The number of anilines is 1. The third kappa shape index (κ3) is 4.26. The summed E-state index contributed by atoms with van der Waals surface area (Å²) in [6.45, 7) is 8.18. The van der Waals surface area contributed by atoms with Crippen molar-refractivity contribution >= 4 is 5.69 Å². The van der Waals surface area contributed by atoms with E-state index in [1.165, 1.54) is 11.1 Å². The quantitative estimate of drug-likeness (QED) is 0.876. The molecule has 1 atom stereocenters. The number of rotatable bonds is 5. The van der Waals surface area contributed by atoms with Gasteiger partial charge in [-0.1, -0.05) is 36.4 Å². The van der Waals surface area contributed by atoms with Gasteiger partial charge in [-0.2, -0.15) is 0 Å². The largest absolute Gasteiger partial charge is 0.484 e. The Kier molecular flexibility index (Phi) is 4.58. The van der Waals surface area contributed by atoms with Gasteiger partial charge in [0.15, 0.2) is 0 Å². The van der Waals surface area contributed by atoms with Crippen molar-refractivity contribution in [1.82, 2.24) is 5.32 Å². The van der Waals surface area contributed by atoms with Gasteiger partial charge in [0.25, 0.3) is 0 Å². The molecule has 0 saturated carbocycles. The lowest BCUT2D eigenvalue weighted by atomic mass is 10.0. The Hall–Kier alpha value is -2.00. The molecule has 1 aliphatic heterocycles. The SMILES string of the molecule is CC(Cc1ccc2c(c1)NCC(C)(C)O2)NCc1ccccc1. The summed E-state index contributed by atoms with van der Waals surface area (Å²) in [6.07, 6.45) is 1.01. The molecule has 2 aromatic carbocycles. The first-order chi connectivity index (χ1) is 11.0. The monoisotopic (exact) mass is 310 g/mol. The zero-order valence-electron chi connectivity index (χ0n) is 14.2. The van der Waals surface area contributed by atoms with Crippen LogP contribution in [0.3, 0.4) is 0 Å². The number of fused-ring (bicyclic) bond motifs is 1. The molecule has 1 heterocycles. The second kappa shape index (κ2) is 6.63. The van der Waals surface area contributed by atoms with E-state index in [0.29, 0.717) is 6.04 Å². The molecule has 0 aliphatic carbocycles. The van der Waals surface area contributed by atoms with Crippen LogP contribution in [0.15, 0.2) is 48.5 Å². The lowest BCUT2D eigenvalue weighted by Gasteiger charge is -2.33. The highest BCUT2D eigenvalue weighted by atomic mass is 16.5. The molecule has 3 heteroatoms. The predicted molar refractivity (Wildman–Crippen MR) is 96.1 cm³/mol. The first kappa shape index (κ1) is 15.9. The topological polar surface area (TPSA) is 33.3 Å². The van der Waals surface area contributed by atoms with Crippen molar-refractivity contribution < 1.29 is 4.74 Å². The minimum atomic E-state index is -0.140. The molecule has 0 spiro atoms. The maximum absolute atomic E-state index is 6.01. The second-order valence-electron chi connectivity index (χ2n) is 7.02. The van der Waals surface area contributed by atoms with Crippen molar-refractivity contribution in [3.8, 4) is 5.75 Å². The normalized spacial score (nSPS) is 16.8. The summed E-state index contributed by atoms with van der Waals surface area (Å²) < 4.78 is 6.01. The van der Waals surface area contributed by atoms with Crippen molar-refractivity contribution in [1.29, 1.82) is 0 Å². The van der Waals surface area contributed by atoms with Crippen LogP contribution >= 0.6 is 0 Å². The smallest absolute Gasteiger partial charge is 0.143 e. The molecule has 0 fully saturated rings. The molecule has 0 radical (unpaired) electrons. The van der Waals surface area contributed by atoms with E-state index < -0.39 is 0 Å². The fourth-order valence-corrected chi connectivity index (χ4v) is 2.89. The van der Waals surface area contributed by atoms with E-state index in [0.717, 1.165) is 30.9 Å². The Morgan fingerprint density at radius 2 is 1.91 bits per heavy atom. The van der Waals surface area contributed by atoms with Crippen LogP contribution in [-0.4, -0.2) is 18.2 Å². The lowest BCUT2D eigenvalue weighted by molar-refractivity contribution is 0.116. The number of hydrogen-bond donors (Lipinski definition) is 2. The van der Waals surface area contributed by atoms with Gasteiger partial charge in [0.2, 0.25) is 0 Å². The summed E-state index contributed by atoms with van der Waals surface area (Å²) in [5.74, 6) is 0.954. The molecule has 2 aromatic rings. The van der Waals surface area contributed by atoms with Crippen molar-refractivity contribution in [2.24, 2.45) is 0 Å². The maximum atomic E-state index is 6.01. The highest BCUT2D eigenvalue weighted by Gasteiger charge is 2.26. The molecule has 0 amide bonds. The Balaban J connectivity index is 1.58. The van der Waals surface area contributed by atoms with Crippen molar-refractivity contribution in [3.63, 3.8) is 0 Å². The van der Waals surface area contributed by atoms with E-state index in [1.54, 1.807) is 0 Å². The van der Waals surface area contributed by atoms with Crippen molar-refractivity contribution in [2.45, 2.75) is 45.4 Å². The highest BCUT2D eigenvalue weighted by Crippen LogP contribution is 2.33. The molecule has 122 valence electrons. The average molecular weight is 310 g/mol. The van der Waals surface area contributed by atoms with Gasteiger partial charge >= 0.3 is 0 Å². The Morgan fingerprint density at radius 3 is 2.70 bits per heavy atom. The van der Waals surface area contributed by atoms with Crippen LogP contribution in [0.5, 0.6) is 5.75 Å². The van der Waals surface area contributed by atoms with Gasteiger partial charge in [-0.15, -0.1) is 0 Å². The van der Waals surface area contributed by atoms with E-state index in [9.17, 15) is 0 Å². The molecule has 23 heavy (non-hydrogen) atoms. The molecule has 0 aromatic heterocycles. The molecule has 3 rings (SSSR count). The van der Waals surface area contributed by atoms with Crippen LogP contribution in [0.2, 0.25) is 0 Å². The Labute approximate surface area is 139 Å². The van der Waals surface area contributed by atoms with Crippen molar-refractivity contribution in [2.75, 3.05) is 11.9 Å². The molecule has 2 N–H and O–H groups in total. The summed E-state index contributed by atoms with van der Waals surface area (Å²) in [5, 5.41) is 7.07. The van der Waals surface area contributed by atoms with Gasteiger partial charge in [0, 0.05) is 12.6 Å². The molecule has 3 nitrogen and oxygen atoms in total. The maximum Gasteiger partial charge on any atom is 0.143 e. The third-order valence-electron chi connectivity index (χ3n) is 4.17. The van der Waals surface area contributed by atoms with E-state index >= 15 is 0 Å². The number of nitrogens with one attached hydrogen (secondary N) is 2.